The molecule has 0 radical (unpaired) electrons. The van der Waals surface area contributed by atoms with Crippen LogP contribution in [0.1, 0.15) is 56.2 Å². The van der Waals surface area contributed by atoms with E-state index in [9.17, 15) is 0 Å². The molecule has 0 atom stereocenters. The molecule has 14 heavy (non-hydrogen) atoms. The van der Waals surface area contributed by atoms with Crippen LogP contribution in [-0.4, -0.2) is 9.78 Å². The predicted molar refractivity (Wildman–Crippen MR) is 58.3 cm³/mol. The number of nitrogens with zero attached hydrogens (tertiary/aromatic N) is 2. The van der Waals surface area contributed by atoms with Gasteiger partial charge in [-0.15, -0.1) is 0 Å². The van der Waals surface area contributed by atoms with Gasteiger partial charge < -0.3 is 5.73 Å². The zero-order valence-electron chi connectivity index (χ0n) is 9.25. The molecule has 1 saturated carbocycles. The van der Waals surface area contributed by atoms with Crippen LogP contribution in [0.15, 0.2) is 0 Å². The van der Waals surface area contributed by atoms with E-state index in [-0.39, 0.29) is 0 Å². The standard InChI is InChI=1S/C11H19N3/c1-7(2)9-10(8-5-4-6-8)14(3)13-11(9)12/h7-8H,4-6H2,1-3H3,(H2,12,13). The molecule has 2 rings (SSSR count). The van der Waals surface area contributed by atoms with Gasteiger partial charge in [0.25, 0.3) is 0 Å². The first-order chi connectivity index (χ1) is 6.61. The summed E-state index contributed by atoms with van der Waals surface area (Å²) >= 11 is 0. The van der Waals surface area contributed by atoms with Gasteiger partial charge in [-0.05, 0) is 18.8 Å². The number of aromatic nitrogens is 2. The van der Waals surface area contributed by atoms with Crippen molar-refractivity contribution in [2.24, 2.45) is 7.05 Å². The summed E-state index contributed by atoms with van der Waals surface area (Å²) in [6, 6.07) is 0. The van der Waals surface area contributed by atoms with Crippen LogP contribution in [0.25, 0.3) is 0 Å². The van der Waals surface area contributed by atoms with Gasteiger partial charge in [0.05, 0.1) is 0 Å². The third kappa shape index (κ3) is 1.31. The highest BCUT2D eigenvalue weighted by atomic mass is 15.3. The average Bonchev–Trinajstić information content (AvgIpc) is 2.23. The molecule has 1 heterocycles. The lowest BCUT2D eigenvalue weighted by atomic mass is 9.80. The molecule has 3 nitrogen and oxygen atoms in total. The van der Waals surface area contributed by atoms with Crippen LogP contribution in [-0.2, 0) is 7.05 Å². The number of nitrogens with two attached hydrogens (primary N) is 1. The Bertz CT molecular complexity index is 335. The Kier molecular flexibility index (Phi) is 2.25. The van der Waals surface area contributed by atoms with E-state index in [1.807, 2.05) is 11.7 Å². The van der Waals surface area contributed by atoms with Crippen LogP contribution in [0.2, 0.25) is 0 Å². The van der Waals surface area contributed by atoms with Crippen molar-refractivity contribution in [1.29, 1.82) is 0 Å². The van der Waals surface area contributed by atoms with Crippen LogP contribution in [0.3, 0.4) is 0 Å². The largest absolute Gasteiger partial charge is 0.382 e. The van der Waals surface area contributed by atoms with Gasteiger partial charge in [0.1, 0.15) is 5.82 Å². The van der Waals surface area contributed by atoms with E-state index in [1.165, 1.54) is 30.5 Å². The maximum Gasteiger partial charge on any atom is 0.149 e. The van der Waals surface area contributed by atoms with E-state index in [1.54, 1.807) is 0 Å². The van der Waals surface area contributed by atoms with Crippen LogP contribution < -0.4 is 5.73 Å². The fourth-order valence-electron chi connectivity index (χ4n) is 2.33. The van der Waals surface area contributed by atoms with Crippen LogP contribution in [0.5, 0.6) is 0 Å². The van der Waals surface area contributed by atoms with Crippen molar-refractivity contribution in [2.75, 3.05) is 5.73 Å². The first-order valence-corrected chi connectivity index (χ1v) is 5.43. The van der Waals surface area contributed by atoms with Gasteiger partial charge in [-0.2, -0.15) is 5.10 Å². The molecule has 1 aromatic heterocycles. The minimum Gasteiger partial charge on any atom is -0.382 e. The number of aryl methyl sites for hydroxylation is 1. The van der Waals surface area contributed by atoms with Gasteiger partial charge in [0.15, 0.2) is 0 Å². The van der Waals surface area contributed by atoms with Crippen molar-refractivity contribution in [3.63, 3.8) is 0 Å². The third-order valence-electron chi connectivity index (χ3n) is 3.23. The molecule has 1 aliphatic carbocycles. The van der Waals surface area contributed by atoms with Crippen molar-refractivity contribution < 1.29 is 0 Å². The SMILES string of the molecule is CC(C)c1c(N)nn(C)c1C1CCC1. The van der Waals surface area contributed by atoms with Gasteiger partial charge in [-0.3, -0.25) is 4.68 Å². The third-order valence-corrected chi connectivity index (χ3v) is 3.23. The van der Waals surface area contributed by atoms with Crippen molar-refractivity contribution in [3.8, 4) is 0 Å². The summed E-state index contributed by atoms with van der Waals surface area (Å²) in [6.07, 6.45) is 3.96. The molecule has 2 N–H and O–H groups in total. The van der Waals surface area contributed by atoms with E-state index >= 15 is 0 Å². The number of nitrogen functional groups attached to an aromatic ring is 1. The smallest absolute Gasteiger partial charge is 0.149 e. The number of rotatable bonds is 2. The molecule has 0 spiro atoms. The molecule has 0 saturated heterocycles. The van der Waals surface area contributed by atoms with Crippen LogP contribution in [0, 0.1) is 0 Å². The second-order valence-electron chi connectivity index (χ2n) is 4.59. The fraction of sp³-hybridized carbons (Fsp3) is 0.727. The normalized spacial score (nSPS) is 17.4. The zero-order valence-corrected chi connectivity index (χ0v) is 9.25. The monoisotopic (exact) mass is 193 g/mol. The lowest BCUT2D eigenvalue weighted by molar-refractivity contribution is 0.393. The summed E-state index contributed by atoms with van der Waals surface area (Å²) in [7, 11) is 2.01. The Morgan fingerprint density at radius 2 is 2.07 bits per heavy atom. The highest BCUT2D eigenvalue weighted by Crippen LogP contribution is 2.41. The van der Waals surface area contributed by atoms with Gasteiger partial charge >= 0.3 is 0 Å². The molecule has 1 aliphatic rings. The highest BCUT2D eigenvalue weighted by Gasteiger charge is 2.28. The maximum atomic E-state index is 5.93. The second-order valence-corrected chi connectivity index (χ2v) is 4.59. The van der Waals surface area contributed by atoms with Crippen LogP contribution >= 0.6 is 0 Å². The van der Waals surface area contributed by atoms with Gasteiger partial charge in [0.2, 0.25) is 0 Å². The summed E-state index contributed by atoms with van der Waals surface area (Å²) in [6.45, 7) is 4.38. The highest BCUT2D eigenvalue weighted by molar-refractivity contribution is 5.46. The summed E-state index contributed by atoms with van der Waals surface area (Å²) in [5, 5.41) is 4.33. The first-order valence-electron chi connectivity index (χ1n) is 5.43. The topological polar surface area (TPSA) is 43.8 Å². The molecular weight excluding hydrogens is 174 g/mol. The van der Waals surface area contributed by atoms with E-state index in [0.29, 0.717) is 11.8 Å². The van der Waals surface area contributed by atoms with Gasteiger partial charge in [0, 0.05) is 24.2 Å². The molecule has 0 aromatic carbocycles. The Hall–Kier alpha value is -0.990. The average molecular weight is 193 g/mol. The lowest BCUT2D eigenvalue weighted by Gasteiger charge is -2.27. The number of anilines is 1. The molecule has 0 unspecified atom stereocenters. The Labute approximate surface area is 85.3 Å². The van der Waals surface area contributed by atoms with Gasteiger partial charge in [-0.25, -0.2) is 0 Å². The molecule has 0 bridgehead atoms. The molecular formula is C11H19N3. The van der Waals surface area contributed by atoms with Crippen molar-refractivity contribution in [2.45, 2.75) is 44.9 Å². The molecule has 78 valence electrons. The Morgan fingerprint density at radius 1 is 1.43 bits per heavy atom. The lowest BCUT2D eigenvalue weighted by Crippen LogP contribution is -2.15. The minimum atomic E-state index is 0.485. The number of hydrogen-bond acceptors (Lipinski definition) is 2. The van der Waals surface area contributed by atoms with Crippen molar-refractivity contribution >= 4 is 5.82 Å². The molecule has 1 fully saturated rings. The molecule has 0 aliphatic heterocycles. The minimum absolute atomic E-state index is 0.485. The quantitative estimate of drug-likeness (QED) is 0.783. The molecule has 0 amide bonds. The van der Waals surface area contributed by atoms with E-state index < -0.39 is 0 Å². The van der Waals surface area contributed by atoms with Gasteiger partial charge in [-0.1, -0.05) is 20.3 Å². The fourth-order valence-corrected chi connectivity index (χ4v) is 2.33. The molecule has 1 aromatic rings. The summed E-state index contributed by atoms with van der Waals surface area (Å²) < 4.78 is 1.98. The summed E-state index contributed by atoms with van der Waals surface area (Å²) in [5.41, 5.74) is 8.58. The Balaban J connectivity index is 2.44. The Morgan fingerprint density at radius 3 is 2.50 bits per heavy atom. The predicted octanol–water partition coefficient (Wildman–Crippen LogP) is 2.39. The number of hydrogen-bond donors (Lipinski definition) is 1. The van der Waals surface area contributed by atoms with E-state index in [2.05, 4.69) is 18.9 Å². The maximum absolute atomic E-state index is 5.93. The second kappa shape index (κ2) is 3.30. The molecule has 3 heteroatoms. The van der Waals surface area contributed by atoms with Crippen LogP contribution in [0.4, 0.5) is 5.82 Å². The van der Waals surface area contributed by atoms with E-state index in [0.717, 1.165) is 5.82 Å². The summed E-state index contributed by atoms with van der Waals surface area (Å²) in [4.78, 5) is 0. The van der Waals surface area contributed by atoms with Crippen molar-refractivity contribution in [3.05, 3.63) is 11.3 Å². The van der Waals surface area contributed by atoms with E-state index in [4.69, 9.17) is 5.73 Å². The summed E-state index contributed by atoms with van der Waals surface area (Å²) in [5.74, 6) is 1.92. The zero-order chi connectivity index (χ0) is 10.3. The van der Waals surface area contributed by atoms with Crippen molar-refractivity contribution in [1.82, 2.24) is 9.78 Å². The first kappa shape index (κ1) is 9.56.